The highest BCUT2D eigenvalue weighted by Gasteiger charge is 2.39. The molecule has 2 nitrogen and oxygen atoms in total. The normalized spacial score (nSPS) is 25.9. The van der Waals surface area contributed by atoms with Crippen molar-refractivity contribution < 1.29 is 4.79 Å². The molecule has 1 aliphatic rings. The van der Waals surface area contributed by atoms with Crippen molar-refractivity contribution in [2.75, 3.05) is 6.54 Å². The van der Waals surface area contributed by atoms with Gasteiger partial charge in [-0.15, -0.1) is 0 Å². The van der Waals surface area contributed by atoms with Crippen LogP contribution in [0.2, 0.25) is 0 Å². The minimum absolute atomic E-state index is 0.0809. The summed E-state index contributed by atoms with van der Waals surface area (Å²) in [6.45, 7) is 2.67. The molecule has 1 aromatic rings. The minimum Gasteiger partial charge on any atom is -0.330 e. The van der Waals surface area contributed by atoms with Gasteiger partial charge in [0.1, 0.15) is 5.78 Å². The van der Waals surface area contributed by atoms with Gasteiger partial charge in [-0.05, 0) is 24.5 Å². The zero-order valence-corrected chi connectivity index (χ0v) is 9.12. The first-order valence-corrected chi connectivity index (χ1v) is 5.46. The molecule has 80 valence electrons. The van der Waals surface area contributed by atoms with E-state index in [4.69, 9.17) is 5.73 Å². The maximum absolute atomic E-state index is 11.4. The van der Waals surface area contributed by atoms with Crippen LogP contribution < -0.4 is 5.73 Å². The Hall–Kier alpha value is -1.15. The van der Waals surface area contributed by atoms with E-state index < -0.39 is 0 Å². The second-order valence-electron chi connectivity index (χ2n) is 4.51. The Morgan fingerprint density at radius 1 is 1.40 bits per heavy atom. The third-order valence-electron chi connectivity index (χ3n) is 3.53. The highest BCUT2D eigenvalue weighted by Crippen LogP contribution is 2.39. The lowest BCUT2D eigenvalue weighted by Gasteiger charge is -2.28. The molecule has 2 heteroatoms. The van der Waals surface area contributed by atoms with E-state index in [2.05, 4.69) is 19.1 Å². The lowest BCUT2D eigenvalue weighted by atomic mass is 9.77. The molecule has 0 radical (unpaired) electrons. The molecule has 1 saturated carbocycles. The fourth-order valence-electron chi connectivity index (χ4n) is 2.61. The van der Waals surface area contributed by atoms with Crippen LogP contribution in [0.3, 0.4) is 0 Å². The summed E-state index contributed by atoms with van der Waals surface area (Å²) in [6, 6.07) is 8.26. The average molecular weight is 203 g/mol. The molecule has 0 heterocycles. The molecule has 2 N–H and O–H groups in total. The molecular weight excluding hydrogens is 186 g/mol. The van der Waals surface area contributed by atoms with Crippen molar-refractivity contribution >= 4 is 5.78 Å². The lowest BCUT2D eigenvalue weighted by molar-refractivity contribution is -0.117. The molecule has 15 heavy (non-hydrogen) atoms. The van der Waals surface area contributed by atoms with Gasteiger partial charge in [0.15, 0.2) is 0 Å². The number of benzene rings is 1. The summed E-state index contributed by atoms with van der Waals surface area (Å²) in [5, 5.41) is 0. The van der Waals surface area contributed by atoms with Gasteiger partial charge in [-0.3, -0.25) is 4.79 Å². The van der Waals surface area contributed by atoms with E-state index in [1.54, 1.807) is 0 Å². The zero-order chi connectivity index (χ0) is 10.9. The third kappa shape index (κ3) is 1.70. The van der Waals surface area contributed by atoms with E-state index >= 15 is 0 Å². The molecule has 0 saturated heterocycles. The van der Waals surface area contributed by atoms with E-state index in [-0.39, 0.29) is 5.41 Å². The molecule has 0 aromatic heterocycles. The van der Waals surface area contributed by atoms with Crippen LogP contribution in [0.25, 0.3) is 0 Å². The fraction of sp³-hybridized carbons (Fsp3) is 0.462. The zero-order valence-electron chi connectivity index (χ0n) is 9.12. The number of hydrogen-bond acceptors (Lipinski definition) is 2. The fourth-order valence-corrected chi connectivity index (χ4v) is 2.61. The molecule has 1 aliphatic carbocycles. The van der Waals surface area contributed by atoms with Crippen LogP contribution in [0.1, 0.15) is 30.4 Å². The van der Waals surface area contributed by atoms with E-state index in [0.29, 0.717) is 25.2 Å². The van der Waals surface area contributed by atoms with Crippen molar-refractivity contribution in [2.24, 2.45) is 5.73 Å². The maximum Gasteiger partial charge on any atom is 0.133 e. The highest BCUT2D eigenvalue weighted by atomic mass is 16.1. The number of hydrogen-bond donors (Lipinski definition) is 1. The number of ketones is 1. The largest absolute Gasteiger partial charge is 0.330 e. The van der Waals surface area contributed by atoms with Gasteiger partial charge in [0.2, 0.25) is 0 Å². The Kier molecular flexibility index (Phi) is 2.61. The Labute approximate surface area is 90.5 Å². The number of aryl methyl sites for hydroxylation is 1. The average Bonchev–Trinajstić information content (AvgIpc) is 2.62. The minimum atomic E-state index is -0.0809. The summed E-state index contributed by atoms with van der Waals surface area (Å²) < 4.78 is 0. The Balaban J connectivity index is 2.43. The van der Waals surface area contributed by atoms with Crippen molar-refractivity contribution in [3.05, 3.63) is 35.4 Å². The van der Waals surface area contributed by atoms with Gasteiger partial charge in [0.05, 0.1) is 0 Å². The summed E-state index contributed by atoms with van der Waals surface area (Å²) >= 11 is 0. The first kappa shape index (κ1) is 10.4. The summed E-state index contributed by atoms with van der Waals surface area (Å²) in [5.74, 6) is 0.351. The SMILES string of the molecule is Cc1ccccc1C1(CN)CCC(=O)C1. The monoisotopic (exact) mass is 203 g/mol. The van der Waals surface area contributed by atoms with E-state index in [9.17, 15) is 4.79 Å². The van der Waals surface area contributed by atoms with E-state index in [0.717, 1.165) is 6.42 Å². The number of carbonyl (C=O) groups is 1. The molecule has 0 spiro atoms. The van der Waals surface area contributed by atoms with Gasteiger partial charge in [-0.1, -0.05) is 24.3 Å². The van der Waals surface area contributed by atoms with Gasteiger partial charge < -0.3 is 5.73 Å². The van der Waals surface area contributed by atoms with Crippen LogP contribution in [-0.2, 0) is 10.2 Å². The summed E-state index contributed by atoms with van der Waals surface area (Å²) in [6.07, 6.45) is 2.22. The summed E-state index contributed by atoms with van der Waals surface area (Å²) in [7, 11) is 0. The molecule has 2 rings (SSSR count). The van der Waals surface area contributed by atoms with Crippen molar-refractivity contribution in [2.45, 2.75) is 31.6 Å². The first-order valence-electron chi connectivity index (χ1n) is 5.46. The smallest absolute Gasteiger partial charge is 0.133 e. The second-order valence-corrected chi connectivity index (χ2v) is 4.51. The Bertz CT molecular complexity index is 386. The van der Waals surface area contributed by atoms with Gasteiger partial charge in [0, 0.05) is 24.8 Å². The van der Waals surface area contributed by atoms with Crippen molar-refractivity contribution in [1.82, 2.24) is 0 Å². The van der Waals surface area contributed by atoms with Crippen LogP contribution in [-0.4, -0.2) is 12.3 Å². The third-order valence-corrected chi connectivity index (χ3v) is 3.53. The van der Waals surface area contributed by atoms with Gasteiger partial charge >= 0.3 is 0 Å². The number of nitrogens with two attached hydrogens (primary N) is 1. The van der Waals surface area contributed by atoms with Crippen molar-refractivity contribution in [1.29, 1.82) is 0 Å². The predicted octanol–water partition coefficient (Wildman–Crippen LogP) is 1.94. The summed E-state index contributed by atoms with van der Waals surface area (Å²) in [5.41, 5.74) is 8.31. The Morgan fingerprint density at radius 3 is 2.67 bits per heavy atom. The van der Waals surface area contributed by atoms with Crippen LogP contribution in [0.4, 0.5) is 0 Å². The Morgan fingerprint density at radius 2 is 2.13 bits per heavy atom. The van der Waals surface area contributed by atoms with Crippen LogP contribution in [0.15, 0.2) is 24.3 Å². The molecule has 0 amide bonds. The molecule has 1 aromatic carbocycles. The van der Waals surface area contributed by atoms with Gasteiger partial charge in [-0.25, -0.2) is 0 Å². The highest BCUT2D eigenvalue weighted by molar-refractivity contribution is 5.83. The molecule has 1 atom stereocenters. The summed E-state index contributed by atoms with van der Waals surface area (Å²) in [4.78, 5) is 11.4. The van der Waals surface area contributed by atoms with Crippen LogP contribution >= 0.6 is 0 Å². The van der Waals surface area contributed by atoms with Crippen LogP contribution in [0, 0.1) is 6.92 Å². The second kappa shape index (κ2) is 3.78. The van der Waals surface area contributed by atoms with Gasteiger partial charge in [-0.2, -0.15) is 0 Å². The molecule has 0 bridgehead atoms. The van der Waals surface area contributed by atoms with Gasteiger partial charge in [0.25, 0.3) is 0 Å². The van der Waals surface area contributed by atoms with Crippen molar-refractivity contribution in [3.8, 4) is 0 Å². The van der Waals surface area contributed by atoms with E-state index in [1.165, 1.54) is 11.1 Å². The number of Topliss-reactive ketones (excluding diaryl/α,β-unsaturated/α-hetero) is 1. The predicted molar refractivity (Wildman–Crippen MR) is 60.8 cm³/mol. The number of carbonyl (C=O) groups excluding carboxylic acids is 1. The standard InChI is InChI=1S/C13H17NO/c1-10-4-2-3-5-12(10)13(9-14)7-6-11(15)8-13/h2-5H,6-9,14H2,1H3. The molecular formula is C13H17NO. The molecule has 1 unspecified atom stereocenters. The lowest BCUT2D eigenvalue weighted by Crippen LogP contribution is -2.33. The molecule has 1 fully saturated rings. The maximum atomic E-state index is 11.4. The topological polar surface area (TPSA) is 43.1 Å². The van der Waals surface area contributed by atoms with Crippen LogP contribution in [0.5, 0.6) is 0 Å². The quantitative estimate of drug-likeness (QED) is 0.798. The first-order chi connectivity index (χ1) is 7.18. The van der Waals surface area contributed by atoms with E-state index in [1.807, 2.05) is 12.1 Å². The van der Waals surface area contributed by atoms with Crippen molar-refractivity contribution in [3.63, 3.8) is 0 Å². The molecule has 0 aliphatic heterocycles. The number of rotatable bonds is 2.